The van der Waals surface area contributed by atoms with Gasteiger partial charge >= 0.3 is 0 Å². The van der Waals surface area contributed by atoms with E-state index in [1.807, 2.05) is 31.2 Å². The van der Waals surface area contributed by atoms with Crippen LogP contribution in [0.4, 0.5) is 0 Å². The number of thiophene rings is 1. The van der Waals surface area contributed by atoms with Crippen molar-refractivity contribution < 1.29 is 4.74 Å². The van der Waals surface area contributed by atoms with Gasteiger partial charge in [0, 0.05) is 14.9 Å². The number of hydrogen-bond acceptors (Lipinski definition) is 3. The Morgan fingerprint density at radius 3 is 2.67 bits per heavy atom. The van der Waals surface area contributed by atoms with E-state index in [1.54, 1.807) is 7.11 Å². The van der Waals surface area contributed by atoms with E-state index in [9.17, 15) is 0 Å². The number of ether oxygens (including phenoxy) is 1. The molecule has 0 aliphatic carbocycles. The largest absolute Gasteiger partial charge is 0.496 e. The molecule has 0 aliphatic heterocycles. The maximum atomic E-state index is 6.28. The molecule has 1 aromatic carbocycles. The number of rotatable bonds is 3. The lowest BCUT2D eigenvalue weighted by molar-refractivity contribution is 0.407. The minimum Gasteiger partial charge on any atom is -0.496 e. The Bertz CT molecular complexity index is 570. The predicted octanol–water partition coefficient (Wildman–Crippen LogP) is 4.53. The van der Waals surface area contributed by atoms with Crippen molar-refractivity contribution >= 4 is 38.9 Å². The van der Waals surface area contributed by atoms with Gasteiger partial charge in [-0.15, -0.1) is 11.3 Å². The Morgan fingerprint density at radius 2 is 2.11 bits per heavy atom. The summed E-state index contributed by atoms with van der Waals surface area (Å²) in [6.45, 7) is 2.02. The van der Waals surface area contributed by atoms with Gasteiger partial charge in [-0.2, -0.15) is 0 Å². The molecule has 5 heteroatoms. The Labute approximate surface area is 124 Å². The fourth-order valence-corrected chi connectivity index (χ4v) is 3.18. The van der Waals surface area contributed by atoms with Gasteiger partial charge in [0.15, 0.2) is 0 Å². The fraction of sp³-hybridized carbons (Fsp3) is 0.231. The van der Waals surface area contributed by atoms with E-state index in [2.05, 4.69) is 15.9 Å². The summed E-state index contributed by atoms with van der Waals surface area (Å²) in [7, 11) is 1.65. The molecule has 1 atom stereocenters. The van der Waals surface area contributed by atoms with Crippen molar-refractivity contribution in [3.63, 3.8) is 0 Å². The van der Waals surface area contributed by atoms with Gasteiger partial charge in [-0.05, 0) is 36.8 Å². The average Bonchev–Trinajstić information content (AvgIpc) is 2.78. The van der Waals surface area contributed by atoms with Crippen molar-refractivity contribution in [2.45, 2.75) is 13.0 Å². The lowest BCUT2D eigenvalue weighted by Crippen LogP contribution is -2.12. The Kier molecular flexibility index (Phi) is 4.33. The van der Waals surface area contributed by atoms with Crippen molar-refractivity contribution in [3.05, 3.63) is 49.1 Å². The maximum Gasteiger partial charge on any atom is 0.124 e. The van der Waals surface area contributed by atoms with Gasteiger partial charge in [0.1, 0.15) is 5.75 Å². The van der Waals surface area contributed by atoms with Crippen LogP contribution in [0.1, 0.15) is 22.0 Å². The molecule has 2 N–H and O–H groups in total. The number of hydrogen-bond donors (Lipinski definition) is 1. The smallest absolute Gasteiger partial charge is 0.124 e. The Hall–Kier alpha value is -0.550. The molecule has 0 saturated heterocycles. The van der Waals surface area contributed by atoms with Gasteiger partial charge in [-0.1, -0.05) is 27.5 Å². The van der Waals surface area contributed by atoms with E-state index in [1.165, 1.54) is 11.3 Å². The zero-order valence-electron chi connectivity index (χ0n) is 10.0. The second-order valence-corrected chi connectivity index (χ2v) is 6.56. The standard InChI is InChI=1S/C13H13BrClNOS/c1-7-5-10(17-2)8(6-9(7)14)13(16)11-3-4-12(15)18-11/h3-6,13H,16H2,1-2H3. The van der Waals surface area contributed by atoms with Crippen LogP contribution in [0.5, 0.6) is 5.75 Å². The molecule has 1 unspecified atom stereocenters. The molecule has 96 valence electrons. The molecule has 2 rings (SSSR count). The number of benzene rings is 1. The zero-order chi connectivity index (χ0) is 13.3. The van der Waals surface area contributed by atoms with Crippen LogP contribution in [0.25, 0.3) is 0 Å². The molecule has 18 heavy (non-hydrogen) atoms. The number of nitrogens with two attached hydrogens (primary N) is 1. The van der Waals surface area contributed by atoms with Crippen LogP contribution in [0.2, 0.25) is 4.34 Å². The molecule has 0 saturated carbocycles. The topological polar surface area (TPSA) is 35.2 Å². The highest BCUT2D eigenvalue weighted by Crippen LogP contribution is 2.36. The van der Waals surface area contributed by atoms with Gasteiger partial charge in [0.05, 0.1) is 17.5 Å². The second kappa shape index (κ2) is 5.61. The molecule has 0 aliphatic rings. The van der Waals surface area contributed by atoms with Gasteiger partial charge in [-0.25, -0.2) is 0 Å². The molecule has 0 bridgehead atoms. The van der Waals surface area contributed by atoms with Crippen molar-refractivity contribution in [1.82, 2.24) is 0 Å². The first kappa shape index (κ1) is 13.9. The molecule has 0 radical (unpaired) electrons. The second-order valence-electron chi connectivity index (χ2n) is 3.96. The van der Waals surface area contributed by atoms with E-state index < -0.39 is 0 Å². The molecule has 2 nitrogen and oxygen atoms in total. The first-order chi connectivity index (χ1) is 8.52. The van der Waals surface area contributed by atoms with E-state index in [4.69, 9.17) is 22.1 Å². The monoisotopic (exact) mass is 345 g/mol. The summed E-state index contributed by atoms with van der Waals surface area (Å²) in [4.78, 5) is 1.02. The molecule has 0 fully saturated rings. The van der Waals surface area contributed by atoms with Gasteiger partial charge in [-0.3, -0.25) is 0 Å². The molecule has 1 heterocycles. The summed E-state index contributed by atoms with van der Waals surface area (Å²) in [5.74, 6) is 0.799. The van der Waals surface area contributed by atoms with E-state index >= 15 is 0 Å². The third-order valence-corrected chi connectivity index (χ3v) is 4.92. The molecular weight excluding hydrogens is 334 g/mol. The molecule has 0 amide bonds. The minimum atomic E-state index is -0.227. The van der Waals surface area contributed by atoms with Crippen LogP contribution < -0.4 is 10.5 Å². The highest BCUT2D eigenvalue weighted by atomic mass is 79.9. The van der Waals surface area contributed by atoms with Crippen LogP contribution in [-0.2, 0) is 0 Å². The van der Waals surface area contributed by atoms with E-state index in [0.29, 0.717) is 0 Å². The molecular formula is C13H13BrClNOS. The predicted molar refractivity (Wildman–Crippen MR) is 80.8 cm³/mol. The summed E-state index contributed by atoms with van der Waals surface area (Å²) < 4.78 is 7.17. The highest BCUT2D eigenvalue weighted by Gasteiger charge is 2.17. The first-order valence-corrected chi connectivity index (χ1v) is 7.36. The number of halogens is 2. The summed E-state index contributed by atoms with van der Waals surface area (Å²) >= 11 is 11.0. The van der Waals surface area contributed by atoms with Crippen molar-refractivity contribution in [2.24, 2.45) is 5.73 Å². The van der Waals surface area contributed by atoms with Crippen LogP contribution in [0.3, 0.4) is 0 Å². The van der Waals surface area contributed by atoms with Crippen LogP contribution >= 0.6 is 38.9 Å². The van der Waals surface area contributed by atoms with Crippen molar-refractivity contribution in [1.29, 1.82) is 0 Å². The molecule has 2 aromatic rings. The minimum absolute atomic E-state index is 0.227. The molecule has 1 aromatic heterocycles. The van der Waals surface area contributed by atoms with Gasteiger partial charge < -0.3 is 10.5 Å². The average molecular weight is 347 g/mol. The normalized spacial score (nSPS) is 12.5. The van der Waals surface area contributed by atoms with E-state index in [0.717, 1.165) is 30.6 Å². The van der Waals surface area contributed by atoms with Gasteiger partial charge in [0.2, 0.25) is 0 Å². The quantitative estimate of drug-likeness (QED) is 0.886. The molecule has 0 spiro atoms. The van der Waals surface area contributed by atoms with Crippen LogP contribution in [-0.4, -0.2) is 7.11 Å². The summed E-state index contributed by atoms with van der Waals surface area (Å²) in [5, 5.41) is 0. The van der Waals surface area contributed by atoms with E-state index in [-0.39, 0.29) is 6.04 Å². The SMILES string of the molecule is COc1cc(C)c(Br)cc1C(N)c1ccc(Cl)s1. The highest BCUT2D eigenvalue weighted by molar-refractivity contribution is 9.10. The zero-order valence-corrected chi connectivity index (χ0v) is 13.2. The summed E-state index contributed by atoms with van der Waals surface area (Å²) in [6.07, 6.45) is 0. The summed E-state index contributed by atoms with van der Waals surface area (Å²) in [5.41, 5.74) is 8.35. The Morgan fingerprint density at radius 1 is 1.39 bits per heavy atom. The van der Waals surface area contributed by atoms with Crippen LogP contribution in [0, 0.1) is 6.92 Å². The number of methoxy groups -OCH3 is 1. The van der Waals surface area contributed by atoms with Gasteiger partial charge in [0.25, 0.3) is 0 Å². The maximum absolute atomic E-state index is 6.28. The van der Waals surface area contributed by atoms with Crippen molar-refractivity contribution in [2.75, 3.05) is 7.11 Å². The first-order valence-electron chi connectivity index (χ1n) is 5.37. The lowest BCUT2D eigenvalue weighted by atomic mass is 10.0. The lowest BCUT2D eigenvalue weighted by Gasteiger charge is -2.16. The third-order valence-electron chi connectivity index (χ3n) is 2.75. The fourth-order valence-electron chi connectivity index (χ4n) is 1.74. The number of aryl methyl sites for hydroxylation is 1. The van der Waals surface area contributed by atoms with Crippen molar-refractivity contribution in [3.8, 4) is 5.75 Å². The van der Waals surface area contributed by atoms with Crippen LogP contribution in [0.15, 0.2) is 28.7 Å². The Balaban J connectivity index is 2.46. The summed E-state index contributed by atoms with van der Waals surface area (Å²) in [6, 6.07) is 7.57. The third kappa shape index (κ3) is 2.72.